The van der Waals surface area contributed by atoms with E-state index in [-0.39, 0.29) is 11.9 Å². The largest absolute Gasteiger partial charge is 0.481 e. The van der Waals surface area contributed by atoms with Gasteiger partial charge in [-0.2, -0.15) is 0 Å². The molecule has 0 bridgehead atoms. The molecule has 1 fully saturated rings. The summed E-state index contributed by atoms with van der Waals surface area (Å²) in [6.45, 7) is 14.5. The average molecular weight is 409 g/mol. The van der Waals surface area contributed by atoms with Crippen molar-refractivity contribution >= 4 is 11.6 Å². The first-order valence-corrected chi connectivity index (χ1v) is 11.1. The SMILES string of the molecule is Cc1cc(C)c(C)c(O[C@@H](C)C(=O)N[C@@H](C)c2ccc(N3CCC[C@@H](C)C3)cc2)c1. The molecule has 1 aliphatic heterocycles. The maximum absolute atomic E-state index is 12.7. The Bertz CT molecular complexity index is 875. The van der Waals surface area contributed by atoms with Crippen molar-refractivity contribution in [3.63, 3.8) is 0 Å². The summed E-state index contributed by atoms with van der Waals surface area (Å²) in [7, 11) is 0. The van der Waals surface area contributed by atoms with Gasteiger partial charge in [-0.25, -0.2) is 0 Å². The zero-order chi connectivity index (χ0) is 21.8. The van der Waals surface area contributed by atoms with Gasteiger partial charge < -0.3 is 15.0 Å². The van der Waals surface area contributed by atoms with Crippen molar-refractivity contribution in [3.05, 3.63) is 58.7 Å². The van der Waals surface area contributed by atoms with E-state index in [1.54, 1.807) is 6.92 Å². The lowest BCUT2D eigenvalue weighted by Crippen LogP contribution is -2.38. The molecular weight excluding hydrogens is 372 g/mol. The van der Waals surface area contributed by atoms with Gasteiger partial charge in [0, 0.05) is 18.8 Å². The Kier molecular flexibility index (Phi) is 7.06. The maximum atomic E-state index is 12.7. The Morgan fingerprint density at radius 3 is 2.50 bits per heavy atom. The highest BCUT2D eigenvalue weighted by Gasteiger charge is 2.20. The molecule has 1 aliphatic rings. The number of carbonyl (C=O) groups excluding carboxylic acids is 1. The number of piperidine rings is 1. The van der Waals surface area contributed by atoms with E-state index in [1.807, 2.05) is 26.8 Å². The summed E-state index contributed by atoms with van der Waals surface area (Å²) in [5.74, 6) is 1.43. The molecule has 1 saturated heterocycles. The first-order chi connectivity index (χ1) is 14.2. The number of anilines is 1. The molecule has 30 heavy (non-hydrogen) atoms. The van der Waals surface area contributed by atoms with Gasteiger partial charge in [0.15, 0.2) is 6.10 Å². The number of aryl methyl sites for hydroxylation is 2. The number of ether oxygens (including phenoxy) is 1. The van der Waals surface area contributed by atoms with Gasteiger partial charge in [0.25, 0.3) is 5.91 Å². The van der Waals surface area contributed by atoms with Crippen LogP contribution in [0.15, 0.2) is 36.4 Å². The molecule has 2 aromatic carbocycles. The first-order valence-electron chi connectivity index (χ1n) is 11.1. The molecule has 0 saturated carbocycles. The van der Waals surface area contributed by atoms with Gasteiger partial charge in [-0.1, -0.05) is 25.1 Å². The Morgan fingerprint density at radius 2 is 1.83 bits per heavy atom. The summed E-state index contributed by atoms with van der Waals surface area (Å²) in [6.07, 6.45) is 2.02. The minimum atomic E-state index is -0.554. The molecule has 4 heteroatoms. The highest BCUT2D eigenvalue weighted by atomic mass is 16.5. The molecule has 1 N–H and O–H groups in total. The number of amides is 1. The summed E-state index contributed by atoms with van der Waals surface area (Å²) in [5, 5.41) is 3.09. The molecule has 0 aromatic heterocycles. The van der Waals surface area contributed by atoms with Crippen molar-refractivity contribution in [2.45, 2.75) is 66.5 Å². The Morgan fingerprint density at radius 1 is 1.13 bits per heavy atom. The van der Waals surface area contributed by atoms with E-state index in [0.717, 1.165) is 41.4 Å². The Balaban J connectivity index is 1.59. The fraction of sp³-hybridized carbons (Fsp3) is 0.500. The molecule has 2 aromatic rings. The topological polar surface area (TPSA) is 41.6 Å². The number of nitrogens with one attached hydrogen (secondary N) is 1. The van der Waals surface area contributed by atoms with Gasteiger partial charge >= 0.3 is 0 Å². The van der Waals surface area contributed by atoms with E-state index < -0.39 is 6.10 Å². The summed E-state index contributed by atoms with van der Waals surface area (Å²) in [6, 6.07) is 12.7. The molecule has 0 unspecified atom stereocenters. The third kappa shape index (κ3) is 5.35. The third-order valence-electron chi connectivity index (χ3n) is 6.21. The average Bonchev–Trinajstić information content (AvgIpc) is 2.71. The molecule has 0 radical (unpaired) electrons. The molecular formula is C26H36N2O2. The van der Waals surface area contributed by atoms with Gasteiger partial charge in [0.05, 0.1) is 6.04 Å². The van der Waals surface area contributed by atoms with Crippen molar-refractivity contribution in [1.29, 1.82) is 0 Å². The fourth-order valence-corrected chi connectivity index (χ4v) is 4.18. The van der Waals surface area contributed by atoms with E-state index in [4.69, 9.17) is 4.74 Å². The van der Waals surface area contributed by atoms with Crippen LogP contribution in [-0.2, 0) is 4.79 Å². The van der Waals surface area contributed by atoms with Gasteiger partial charge in [-0.05, 0) is 93.8 Å². The van der Waals surface area contributed by atoms with Crippen LogP contribution >= 0.6 is 0 Å². The summed E-state index contributed by atoms with van der Waals surface area (Å²) < 4.78 is 6.00. The third-order valence-corrected chi connectivity index (χ3v) is 6.21. The normalized spacial score (nSPS) is 18.6. The van der Waals surface area contributed by atoms with Crippen molar-refractivity contribution in [3.8, 4) is 5.75 Å². The van der Waals surface area contributed by atoms with Gasteiger partial charge in [-0.3, -0.25) is 4.79 Å². The van der Waals surface area contributed by atoms with Crippen LogP contribution in [0.4, 0.5) is 5.69 Å². The fourth-order valence-electron chi connectivity index (χ4n) is 4.18. The van der Waals surface area contributed by atoms with Crippen LogP contribution in [0, 0.1) is 26.7 Å². The van der Waals surface area contributed by atoms with Crippen LogP contribution in [0.25, 0.3) is 0 Å². The Hall–Kier alpha value is -2.49. The van der Waals surface area contributed by atoms with Crippen LogP contribution < -0.4 is 15.0 Å². The number of benzene rings is 2. The molecule has 1 amide bonds. The minimum Gasteiger partial charge on any atom is -0.481 e. The lowest BCUT2D eigenvalue weighted by atomic mass is 9.99. The van der Waals surface area contributed by atoms with Gasteiger partial charge in [0.2, 0.25) is 0 Å². The highest BCUT2D eigenvalue weighted by Crippen LogP contribution is 2.26. The number of hydrogen-bond donors (Lipinski definition) is 1. The lowest BCUT2D eigenvalue weighted by molar-refractivity contribution is -0.127. The number of carbonyl (C=O) groups is 1. The van der Waals surface area contributed by atoms with E-state index in [1.165, 1.54) is 24.1 Å². The molecule has 0 aliphatic carbocycles. The number of hydrogen-bond acceptors (Lipinski definition) is 3. The molecule has 3 rings (SSSR count). The summed E-state index contributed by atoms with van der Waals surface area (Å²) in [5.41, 5.74) is 5.76. The van der Waals surface area contributed by atoms with E-state index in [2.05, 4.69) is 54.4 Å². The summed E-state index contributed by atoms with van der Waals surface area (Å²) in [4.78, 5) is 15.2. The number of nitrogens with zero attached hydrogens (tertiary/aromatic N) is 1. The van der Waals surface area contributed by atoms with E-state index >= 15 is 0 Å². The standard InChI is InChI=1S/C26H36N2O2/c1-17-8-7-13-28(16-17)24-11-9-23(10-12-24)21(5)27-26(29)22(6)30-25-15-18(2)14-19(3)20(25)4/h9-12,14-15,17,21-22H,7-8,13,16H2,1-6H3,(H,27,29)/t17-,21+,22+/m1/s1. The minimum absolute atomic E-state index is 0.0711. The monoisotopic (exact) mass is 408 g/mol. The molecule has 0 spiro atoms. The predicted molar refractivity (Wildman–Crippen MR) is 124 cm³/mol. The second-order valence-electron chi connectivity index (χ2n) is 8.98. The summed E-state index contributed by atoms with van der Waals surface area (Å²) >= 11 is 0. The molecule has 3 atom stereocenters. The highest BCUT2D eigenvalue weighted by molar-refractivity contribution is 5.81. The zero-order valence-corrected chi connectivity index (χ0v) is 19.3. The lowest BCUT2D eigenvalue weighted by Gasteiger charge is -2.33. The Labute approximate surface area is 181 Å². The van der Waals surface area contributed by atoms with Crippen molar-refractivity contribution in [2.75, 3.05) is 18.0 Å². The second-order valence-corrected chi connectivity index (χ2v) is 8.98. The van der Waals surface area contributed by atoms with E-state index in [9.17, 15) is 4.79 Å². The van der Waals surface area contributed by atoms with Crippen molar-refractivity contribution in [1.82, 2.24) is 5.32 Å². The van der Waals surface area contributed by atoms with Crippen LogP contribution in [0.3, 0.4) is 0 Å². The van der Waals surface area contributed by atoms with Crippen LogP contribution in [0.5, 0.6) is 5.75 Å². The van der Waals surface area contributed by atoms with Crippen molar-refractivity contribution < 1.29 is 9.53 Å². The van der Waals surface area contributed by atoms with E-state index in [0.29, 0.717) is 0 Å². The molecule has 1 heterocycles. The quantitative estimate of drug-likeness (QED) is 0.687. The zero-order valence-electron chi connectivity index (χ0n) is 19.3. The first kappa shape index (κ1) is 22.2. The second kappa shape index (κ2) is 9.55. The van der Waals surface area contributed by atoms with Crippen LogP contribution in [0.2, 0.25) is 0 Å². The molecule has 4 nitrogen and oxygen atoms in total. The van der Waals surface area contributed by atoms with Gasteiger partial charge in [-0.15, -0.1) is 0 Å². The maximum Gasteiger partial charge on any atom is 0.261 e. The van der Waals surface area contributed by atoms with Crippen LogP contribution in [0.1, 0.15) is 61.9 Å². The molecule has 162 valence electrons. The van der Waals surface area contributed by atoms with Crippen molar-refractivity contribution in [2.24, 2.45) is 5.92 Å². The number of rotatable bonds is 6. The smallest absolute Gasteiger partial charge is 0.261 e. The van der Waals surface area contributed by atoms with Gasteiger partial charge in [0.1, 0.15) is 5.75 Å². The van der Waals surface area contributed by atoms with Crippen LogP contribution in [-0.4, -0.2) is 25.1 Å². The predicted octanol–water partition coefficient (Wildman–Crippen LogP) is 5.49.